The van der Waals surface area contributed by atoms with E-state index < -0.39 is 0 Å². The van der Waals surface area contributed by atoms with Gasteiger partial charge >= 0.3 is 0 Å². The highest BCUT2D eigenvalue weighted by atomic mass is 15.2. The molecule has 1 aromatic carbocycles. The lowest BCUT2D eigenvalue weighted by Crippen LogP contribution is -2.31. The number of hydrogen-bond acceptors (Lipinski definition) is 2. The van der Waals surface area contributed by atoms with E-state index in [4.69, 9.17) is 0 Å². The molecule has 1 fully saturated rings. The van der Waals surface area contributed by atoms with E-state index in [0.717, 1.165) is 12.6 Å². The Morgan fingerprint density at radius 1 is 1.26 bits per heavy atom. The SMILES string of the molecule is CCNC(CCN(CC)C1CC1)c1ccccc1C. The number of hydrogen-bond donors (Lipinski definition) is 1. The summed E-state index contributed by atoms with van der Waals surface area (Å²) in [5, 5.41) is 3.65. The summed E-state index contributed by atoms with van der Waals surface area (Å²) in [4.78, 5) is 2.64. The summed E-state index contributed by atoms with van der Waals surface area (Å²) in [6.07, 6.45) is 4.02. The third-order valence-corrected chi connectivity index (χ3v) is 4.19. The maximum Gasteiger partial charge on any atom is 0.0334 e. The van der Waals surface area contributed by atoms with Gasteiger partial charge in [-0.3, -0.25) is 0 Å². The first-order valence-corrected chi connectivity index (χ1v) is 7.79. The Hall–Kier alpha value is -0.860. The molecule has 0 radical (unpaired) electrons. The average molecular weight is 260 g/mol. The molecule has 1 aromatic rings. The van der Waals surface area contributed by atoms with Crippen LogP contribution in [0.15, 0.2) is 24.3 Å². The fourth-order valence-corrected chi connectivity index (χ4v) is 2.93. The molecule has 0 heterocycles. The van der Waals surface area contributed by atoms with Crippen molar-refractivity contribution in [3.63, 3.8) is 0 Å². The van der Waals surface area contributed by atoms with Crippen LogP contribution >= 0.6 is 0 Å². The molecule has 106 valence electrons. The Balaban J connectivity index is 1.97. The van der Waals surface area contributed by atoms with Gasteiger partial charge in [0.2, 0.25) is 0 Å². The first-order chi connectivity index (χ1) is 9.26. The van der Waals surface area contributed by atoms with E-state index in [1.165, 1.54) is 43.5 Å². The van der Waals surface area contributed by atoms with E-state index in [1.54, 1.807) is 0 Å². The Morgan fingerprint density at radius 3 is 2.58 bits per heavy atom. The van der Waals surface area contributed by atoms with Crippen molar-refractivity contribution in [3.8, 4) is 0 Å². The zero-order valence-corrected chi connectivity index (χ0v) is 12.7. The second-order valence-electron chi connectivity index (χ2n) is 5.62. The number of benzene rings is 1. The molecule has 19 heavy (non-hydrogen) atoms. The van der Waals surface area contributed by atoms with Crippen LogP contribution in [0, 0.1) is 6.92 Å². The molecule has 1 unspecified atom stereocenters. The zero-order valence-electron chi connectivity index (χ0n) is 12.7. The van der Waals surface area contributed by atoms with Crippen LogP contribution in [0.1, 0.15) is 50.3 Å². The molecule has 2 nitrogen and oxygen atoms in total. The van der Waals surface area contributed by atoms with Crippen molar-refractivity contribution >= 4 is 0 Å². The monoisotopic (exact) mass is 260 g/mol. The van der Waals surface area contributed by atoms with Crippen molar-refractivity contribution in [1.82, 2.24) is 10.2 Å². The Bertz CT molecular complexity index is 385. The van der Waals surface area contributed by atoms with Crippen LogP contribution in [-0.4, -0.2) is 30.6 Å². The van der Waals surface area contributed by atoms with E-state index in [2.05, 4.69) is 55.3 Å². The molecule has 1 atom stereocenters. The zero-order chi connectivity index (χ0) is 13.7. The molecule has 2 heteroatoms. The molecule has 1 N–H and O–H groups in total. The lowest BCUT2D eigenvalue weighted by Gasteiger charge is -2.25. The maximum absolute atomic E-state index is 3.65. The largest absolute Gasteiger partial charge is 0.310 e. The van der Waals surface area contributed by atoms with E-state index in [0.29, 0.717) is 6.04 Å². The second-order valence-corrected chi connectivity index (χ2v) is 5.62. The first-order valence-electron chi connectivity index (χ1n) is 7.79. The van der Waals surface area contributed by atoms with Crippen LogP contribution in [0.4, 0.5) is 0 Å². The van der Waals surface area contributed by atoms with Gasteiger partial charge in [-0.1, -0.05) is 38.1 Å². The van der Waals surface area contributed by atoms with Gasteiger partial charge in [0.25, 0.3) is 0 Å². The molecule has 1 aliphatic carbocycles. The van der Waals surface area contributed by atoms with Gasteiger partial charge in [0.15, 0.2) is 0 Å². The van der Waals surface area contributed by atoms with Gasteiger partial charge in [-0.05, 0) is 50.4 Å². The third kappa shape index (κ3) is 4.05. The van der Waals surface area contributed by atoms with E-state index in [-0.39, 0.29) is 0 Å². The average Bonchev–Trinajstić information content (AvgIpc) is 3.24. The lowest BCUT2D eigenvalue weighted by atomic mass is 9.98. The molecule has 0 aromatic heterocycles. The van der Waals surface area contributed by atoms with Crippen molar-refractivity contribution in [2.45, 2.75) is 52.1 Å². The summed E-state index contributed by atoms with van der Waals surface area (Å²) in [7, 11) is 0. The molecule has 0 bridgehead atoms. The predicted molar refractivity (Wildman–Crippen MR) is 82.5 cm³/mol. The summed E-state index contributed by atoms with van der Waals surface area (Å²) in [6.45, 7) is 10.1. The van der Waals surface area contributed by atoms with Gasteiger partial charge in [0.1, 0.15) is 0 Å². The van der Waals surface area contributed by atoms with E-state index >= 15 is 0 Å². The highest BCUT2D eigenvalue weighted by Crippen LogP contribution is 2.28. The van der Waals surface area contributed by atoms with Crippen molar-refractivity contribution in [1.29, 1.82) is 0 Å². The van der Waals surface area contributed by atoms with Gasteiger partial charge in [0.05, 0.1) is 0 Å². The fraction of sp³-hybridized carbons (Fsp3) is 0.647. The van der Waals surface area contributed by atoms with Crippen LogP contribution in [0.3, 0.4) is 0 Å². The van der Waals surface area contributed by atoms with Gasteiger partial charge in [0, 0.05) is 18.6 Å². The van der Waals surface area contributed by atoms with Crippen molar-refractivity contribution < 1.29 is 0 Å². The van der Waals surface area contributed by atoms with Crippen molar-refractivity contribution in [3.05, 3.63) is 35.4 Å². The molecule has 0 spiro atoms. The van der Waals surface area contributed by atoms with E-state index in [9.17, 15) is 0 Å². The first kappa shape index (κ1) is 14.5. The highest BCUT2D eigenvalue weighted by molar-refractivity contribution is 5.28. The van der Waals surface area contributed by atoms with Crippen LogP contribution in [0.5, 0.6) is 0 Å². The smallest absolute Gasteiger partial charge is 0.0334 e. The summed E-state index contributed by atoms with van der Waals surface area (Å²) < 4.78 is 0. The van der Waals surface area contributed by atoms with Crippen LogP contribution in [-0.2, 0) is 0 Å². The van der Waals surface area contributed by atoms with Crippen LogP contribution in [0.25, 0.3) is 0 Å². The van der Waals surface area contributed by atoms with Crippen molar-refractivity contribution in [2.75, 3.05) is 19.6 Å². The molecule has 0 amide bonds. The predicted octanol–water partition coefficient (Wildman–Crippen LogP) is 3.52. The van der Waals surface area contributed by atoms with Gasteiger partial charge in [-0.25, -0.2) is 0 Å². The number of aryl methyl sites for hydroxylation is 1. The summed E-state index contributed by atoms with van der Waals surface area (Å²) in [6, 6.07) is 10.2. The number of nitrogens with zero attached hydrogens (tertiary/aromatic N) is 1. The minimum absolute atomic E-state index is 0.499. The lowest BCUT2D eigenvalue weighted by molar-refractivity contribution is 0.259. The van der Waals surface area contributed by atoms with Gasteiger partial charge in [-0.15, -0.1) is 0 Å². The number of nitrogens with one attached hydrogen (secondary N) is 1. The summed E-state index contributed by atoms with van der Waals surface area (Å²) >= 11 is 0. The molecule has 0 aliphatic heterocycles. The minimum Gasteiger partial charge on any atom is -0.310 e. The standard InChI is InChI=1S/C17H28N2/c1-4-18-17(16-9-7-6-8-14(16)3)12-13-19(5-2)15-10-11-15/h6-9,15,17-18H,4-5,10-13H2,1-3H3. The topological polar surface area (TPSA) is 15.3 Å². The third-order valence-electron chi connectivity index (χ3n) is 4.19. The highest BCUT2D eigenvalue weighted by Gasteiger charge is 2.28. The fourth-order valence-electron chi connectivity index (χ4n) is 2.93. The Morgan fingerprint density at radius 2 is 2.00 bits per heavy atom. The summed E-state index contributed by atoms with van der Waals surface area (Å²) in [5.74, 6) is 0. The molecule has 1 saturated carbocycles. The quantitative estimate of drug-likeness (QED) is 0.769. The minimum atomic E-state index is 0.499. The second kappa shape index (κ2) is 7.06. The molecule has 1 aliphatic rings. The Kier molecular flexibility index (Phi) is 5.41. The molecular weight excluding hydrogens is 232 g/mol. The number of rotatable bonds is 8. The molecule has 0 saturated heterocycles. The van der Waals surface area contributed by atoms with Crippen LogP contribution in [0.2, 0.25) is 0 Å². The summed E-state index contributed by atoms with van der Waals surface area (Å²) in [5.41, 5.74) is 2.87. The van der Waals surface area contributed by atoms with Gasteiger partial charge < -0.3 is 10.2 Å². The normalized spacial score (nSPS) is 16.8. The molecule has 2 rings (SSSR count). The van der Waals surface area contributed by atoms with Crippen molar-refractivity contribution in [2.24, 2.45) is 0 Å². The maximum atomic E-state index is 3.65. The molecular formula is C17H28N2. The van der Waals surface area contributed by atoms with Gasteiger partial charge in [-0.2, -0.15) is 0 Å². The Labute approximate surface area is 118 Å². The van der Waals surface area contributed by atoms with Crippen LogP contribution < -0.4 is 5.32 Å². The van der Waals surface area contributed by atoms with E-state index in [1.807, 2.05) is 0 Å².